The quantitative estimate of drug-likeness (QED) is 0.553. The predicted molar refractivity (Wildman–Crippen MR) is 106 cm³/mol. The van der Waals surface area contributed by atoms with Gasteiger partial charge in [0.15, 0.2) is 5.69 Å². The summed E-state index contributed by atoms with van der Waals surface area (Å²) in [6.07, 6.45) is -3.02. The lowest BCUT2D eigenvalue weighted by Crippen LogP contribution is -2.55. The Kier molecular flexibility index (Phi) is 5.07. The van der Waals surface area contributed by atoms with Gasteiger partial charge in [-0.1, -0.05) is 0 Å². The Morgan fingerprint density at radius 3 is 2.42 bits per heavy atom. The molecule has 4 amide bonds. The van der Waals surface area contributed by atoms with Crippen molar-refractivity contribution in [1.29, 1.82) is 5.26 Å². The SMILES string of the molecule is N#Cc1ncc(N2C(=O)N(c3ccc(C(N)=O)c(CF)c3)C3(CCC3)C2=O)cc1C(F)(F)F. The number of benzene rings is 1. The summed E-state index contributed by atoms with van der Waals surface area (Å²) in [5.41, 5.74) is 1.08. The van der Waals surface area contributed by atoms with Gasteiger partial charge in [-0.05, 0) is 49.1 Å². The molecule has 2 heterocycles. The smallest absolute Gasteiger partial charge is 0.366 e. The fourth-order valence-electron chi connectivity index (χ4n) is 4.16. The van der Waals surface area contributed by atoms with Crippen LogP contribution >= 0.6 is 0 Å². The van der Waals surface area contributed by atoms with Gasteiger partial charge >= 0.3 is 12.2 Å². The minimum absolute atomic E-state index is 0.0902. The van der Waals surface area contributed by atoms with Crippen molar-refractivity contribution in [2.24, 2.45) is 5.73 Å². The highest BCUT2D eigenvalue weighted by Gasteiger charge is 2.61. The van der Waals surface area contributed by atoms with E-state index in [9.17, 15) is 31.9 Å². The van der Waals surface area contributed by atoms with E-state index in [2.05, 4.69) is 4.98 Å². The molecule has 0 bridgehead atoms. The van der Waals surface area contributed by atoms with Crippen molar-refractivity contribution in [3.05, 3.63) is 52.8 Å². The maximum absolute atomic E-state index is 13.5. The molecule has 2 fully saturated rings. The van der Waals surface area contributed by atoms with Crippen LogP contribution in [0.4, 0.5) is 33.7 Å². The molecule has 0 radical (unpaired) electrons. The number of hydrogen-bond donors (Lipinski definition) is 1. The Morgan fingerprint density at radius 2 is 1.91 bits per heavy atom. The average Bonchev–Trinajstić information content (AvgIpc) is 2.98. The number of aromatic nitrogens is 1. The molecular weight excluding hydrogens is 446 g/mol. The molecule has 0 unspecified atom stereocenters. The number of carbonyl (C=O) groups is 3. The predicted octanol–water partition coefficient (Wildman–Crippen LogP) is 3.44. The molecule has 170 valence electrons. The van der Waals surface area contributed by atoms with Gasteiger partial charge in [-0.3, -0.25) is 14.5 Å². The van der Waals surface area contributed by atoms with E-state index < -0.39 is 53.2 Å². The van der Waals surface area contributed by atoms with E-state index in [4.69, 9.17) is 11.0 Å². The topological polar surface area (TPSA) is 120 Å². The van der Waals surface area contributed by atoms with E-state index in [0.717, 1.165) is 11.1 Å². The summed E-state index contributed by atoms with van der Waals surface area (Å²) in [5.74, 6) is -1.62. The fraction of sp³-hybridized carbons (Fsp3) is 0.286. The number of anilines is 2. The number of nitrogens with two attached hydrogens (primary N) is 1. The van der Waals surface area contributed by atoms with Gasteiger partial charge in [0, 0.05) is 11.3 Å². The monoisotopic (exact) mass is 461 g/mol. The summed E-state index contributed by atoms with van der Waals surface area (Å²) >= 11 is 0. The summed E-state index contributed by atoms with van der Waals surface area (Å²) in [6, 6.07) is 4.69. The van der Waals surface area contributed by atoms with E-state index in [1.807, 2.05) is 0 Å². The minimum Gasteiger partial charge on any atom is -0.366 e. The van der Waals surface area contributed by atoms with Gasteiger partial charge in [0.2, 0.25) is 5.91 Å². The Bertz CT molecular complexity index is 1230. The second-order valence-corrected chi connectivity index (χ2v) is 7.68. The number of halogens is 4. The zero-order chi connectivity index (χ0) is 24.1. The average molecular weight is 461 g/mol. The number of imide groups is 1. The van der Waals surface area contributed by atoms with Crippen molar-refractivity contribution in [3.63, 3.8) is 0 Å². The number of pyridine rings is 1. The lowest BCUT2D eigenvalue weighted by Gasteiger charge is -2.42. The first-order valence-electron chi connectivity index (χ1n) is 9.70. The Morgan fingerprint density at radius 1 is 1.21 bits per heavy atom. The van der Waals surface area contributed by atoms with Crippen molar-refractivity contribution in [2.45, 2.75) is 37.7 Å². The number of carbonyl (C=O) groups excluding carboxylic acids is 3. The number of urea groups is 1. The number of nitrogens with zero attached hydrogens (tertiary/aromatic N) is 4. The second kappa shape index (κ2) is 7.54. The lowest BCUT2D eigenvalue weighted by molar-refractivity contribution is -0.138. The van der Waals surface area contributed by atoms with Crippen LogP contribution in [0.3, 0.4) is 0 Å². The summed E-state index contributed by atoms with van der Waals surface area (Å²) < 4.78 is 53.7. The van der Waals surface area contributed by atoms with Crippen LogP contribution in [0.2, 0.25) is 0 Å². The molecule has 1 saturated heterocycles. The van der Waals surface area contributed by atoms with E-state index >= 15 is 0 Å². The number of nitriles is 1. The highest BCUT2D eigenvalue weighted by Crippen LogP contribution is 2.48. The molecule has 1 aromatic carbocycles. The lowest BCUT2D eigenvalue weighted by atomic mass is 9.75. The number of hydrogen-bond acceptors (Lipinski definition) is 5. The van der Waals surface area contributed by atoms with Gasteiger partial charge in [0.1, 0.15) is 18.3 Å². The Hall–Kier alpha value is -4.01. The molecule has 12 heteroatoms. The zero-order valence-electron chi connectivity index (χ0n) is 16.8. The number of alkyl halides is 4. The first-order valence-corrected chi connectivity index (χ1v) is 9.70. The molecule has 1 saturated carbocycles. The molecule has 2 aromatic rings. The van der Waals surface area contributed by atoms with Gasteiger partial charge in [-0.15, -0.1) is 0 Å². The maximum Gasteiger partial charge on any atom is 0.419 e. The van der Waals surface area contributed by atoms with Crippen LogP contribution in [0.1, 0.15) is 46.4 Å². The largest absolute Gasteiger partial charge is 0.419 e. The third kappa shape index (κ3) is 3.27. The fourth-order valence-corrected chi connectivity index (χ4v) is 4.16. The highest BCUT2D eigenvalue weighted by molar-refractivity contribution is 6.30. The third-order valence-corrected chi connectivity index (χ3v) is 5.89. The maximum atomic E-state index is 13.5. The molecule has 8 nitrogen and oxygen atoms in total. The van der Waals surface area contributed by atoms with Crippen molar-refractivity contribution in [1.82, 2.24) is 4.98 Å². The van der Waals surface area contributed by atoms with E-state index in [1.54, 1.807) is 0 Å². The highest BCUT2D eigenvalue weighted by atomic mass is 19.4. The van der Waals surface area contributed by atoms with Crippen molar-refractivity contribution < 1.29 is 31.9 Å². The summed E-state index contributed by atoms with van der Waals surface area (Å²) in [6.45, 7) is -1.06. The molecular formula is C21H15F4N5O3. The summed E-state index contributed by atoms with van der Waals surface area (Å²) in [4.78, 5) is 43.3. The molecule has 2 N–H and O–H groups in total. The molecule has 1 aromatic heterocycles. The first kappa shape index (κ1) is 22.2. The minimum atomic E-state index is -4.94. The van der Waals surface area contributed by atoms with Gasteiger partial charge < -0.3 is 5.73 Å². The molecule has 2 aliphatic rings. The van der Waals surface area contributed by atoms with E-state index in [0.29, 0.717) is 17.4 Å². The Labute approximate surface area is 184 Å². The van der Waals surface area contributed by atoms with Crippen LogP contribution in [-0.4, -0.2) is 28.4 Å². The van der Waals surface area contributed by atoms with Crippen LogP contribution in [0.15, 0.2) is 30.5 Å². The zero-order valence-corrected chi connectivity index (χ0v) is 16.8. The molecule has 1 spiro atoms. The molecule has 4 rings (SSSR count). The van der Waals surface area contributed by atoms with Crippen LogP contribution in [0.5, 0.6) is 0 Å². The van der Waals surface area contributed by atoms with Crippen LogP contribution in [0, 0.1) is 11.3 Å². The van der Waals surface area contributed by atoms with Gasteiger partial charge in [0.05, 0.1) is 17.4 Å². The first-order chi connectivity index (χ1) is 15.5. The van der Waals surface area contributed by atoms with Crippen LogP contribution in [-0.2, 0) is 17.6 Å². The van der Waals surface area contributed by atoms with E-state index in [1.165, 1.54) is 24.3 Å². The second-order valence-electron chi connectivity index (χ2n) is 7.68. The van der Waals surface area contributed by atoms with Crippen molar-refractivity contribution in [2.75, 3.05) is 9.80 Å². The molecule has 33 heavy (non-hydrogen) atoms. The number of rotatable bonds is 4. The standard InChI is InChI=1S/C21H15F4N5O3/c22-8-11-6-12(2-3-14(11)17(27)31)30-19(33)29(18(32)20(30)4-1-5-20)13-7-15(21(23,24)25)16(9-26)28-10-13/h2-3,6-7,10H,1,4-5,8H2,(H2,27,31). The van der Waals surface area contributed by atoms with Crippen molar-refractivity contribution >= 4 is 29.2 Å². The van der Waals surface area contributed by atoms with Gasteiger partial charge in [-0.2, -0.15) is 18.4 Å². The van der Waals surface area contributed by atoms with Crippen molar-refractivity contribution in [3.8, 4) is 6.07 Å². The molecule has 1 aliphatic heterocycles. The normalized spacial score (nSPS) is 17.3. The summed E-state index contributed by atoms with van der Waals surface area (Å²) in [5, 5.41) is 8.94. The summed E-state index contributed by atoms with van der Waals surface area (Å²) in [7, 11) is 0. The molecule has 1 aliphatic carbocycles. The number of primary amides is 1. The van der Waals surface area contributed by atoms with E-state index in [-0.39, 0.29) is 29.7 Å². The van der Waals surface area contributed by atoms with Crippen LogP contribution in [0.25, 0.3) is 0 Å². The number of amides is 4. The van der Waals surface area contributed by atoms with Gasteiger partial charge in [0.25, 0.3) is 5.91 Å². The molecule has 0 atom stereocenters. The third-order valence-electron chi connectivity index (χ3n) is 5.89. The Balaban J connectivity index is 1.83. The van der Waals surface area contributed by atoms with Crippen LogP contribution < -0.4 is 15.5 Å². The van der Waals surface area contributed by atoms with Gasteiger partial charge in [-0.25, -0.2) is 19.1 Å².